The third-order valence-electron chi connectivity index (χ3n) is 3.41. The van der Waals surface area contributed by atoms with E-state index >= 15 is 0 Å². The highest BCUT2D eigenvalue weighted by Gasteiger charge is 2.43. The minimum Gasteiger partial charge on any atom is -0.480 e. The largest absolute Gasteiger partial charge is 0.480 e. The molecule has 0 saturated carbocycles. The van der Waals surface area contributed by atoms with Gasteiger partial charge in [0.25, 0.3) is 0 Å². The Balaban J connectivity index is 2.23. The molecule has 15 heavy (non-hydrogen) atoms. The van der Waals surface area contributed by atoms with Gasteiger partial charge in [0, 0.05) is 6.04 Å². The van der Waals surface area contributed by atoms with Crippen molar-refractivity contribution in [3.05, 3.63) is 0 Å². The van der Waals surface area contributed by atoms with Crippen LogP contribution in [0.15, 0.2) is 0 Å². The minimum atomic E-state index is -0.903. The van der Waals surface area contributed by atoms with Crippen molar-refractivity contribution < 1.29 is 14.7 Å². The number of carbonyl (C=O) groups is 2. The smallest absolute Gasteiger partial charge is 0.326 e. The van der Waals surface area contributed by atoms with Gasteiger partial charge >= 0.3 is 5.97 Å². The second kappa shape index (κ2) is 3.81. The first-order valence-electron chi connectivity index (χ1n) is 5.42. The van der Waals surface area contributed by atoms with Gasteiger partial charge in [0.2, 0.25) is 5.91 Å². The Morgan fingerprint density at radius 3 is 2.73 bits per heavy atom. The van der Waals surface area contributed by atoms with Crippen molar-refractivity contribution in [2.24, 2.45) is 5.73 Å². The fourth-order valence-electron chi connectivity index (χ4n) is 2.63. The monoisotopic (exact) mass is 212 g/mol. The molecule has 84 valence electrons. The predicted molar refractivity (Wildman–Crippen MR) is 53.1 cm³/mol. The minimum absolute atomic E-state index is 0.104. The molecule has 5 heteroatoms. The van der Waals surface area contributed by atoms with E-state index in [0.717, 1.165) is 19.3 Å². The number of hydrogen-bond acceptors (Lipinski definition) is 3. The molecule has 2 rings (SSSR count). The number of nitrogens with zero attached hydrogens (tertiary/aromatic N) is 1. The van der Waals surface area contributed by atoms with E-state index < -0.39 is 18.1 Å². The van der Waals surface area contributed by atoms with Crippen LogP contribution in [0.2, 0.25) is 0 Å². The van der Waals surface area contributed by atoms with E-state index in [0.29, 0.717) is 12.8 Å². The quantitative estimate of drug-likeness (QED) is 0.638. The lowest BCUT2D eigenvalue weighted by atomic mass is 10.1. The molecule has 2 saturated heterocycles. The van der Waals surface area contributed by atoms with Gasteiger partial charge in [-0.1, -0.05) is 0 Å². The van der Waals surface area contributed by atoms with Crippen molar-refractivity contribution in [3.8, 4) is 0 Å². The van der Waals surface area contributed by atoms with Gasteiger partial charge in [-0.15, -0.1) is 0 Å². The van der Waals surface area contributed by atoms with Crippen LogP contribution < -0.4 is 5.73 Å². The zero-order valence-electron chi connectivity index (χ0n) is 8.56. The van der Waals surface area contributed by atoms with Crippen LogP contribution in [0.4, 0.5) is 0 Å². The number of nitrogens with two attached hydrogens (primary N) is 1. The Hall–Kier alpha value is -1.10. The fraction of sp³-hybridized carbons (Fsp3) is 0.800. The maximum absolute atomic E-state index is 11.9. The normalized spacial score (nSPS) is 36.2. The Morgan fingerprint density at radius 2 is 2.07 bits per heavy atom. The molecule has 0 spiro atoms. The van der Waals surface area contributed by atoms with Crippen LogP contribution in [-0.4, -0.2) is 40.0 Å². The lowest BCUT2D eigenvalue weighted by Gasteiger charge is -2.27. The third-order valence-corrected chi connectivity index (χ3v) is 3.41. The van der Waals surface area contributed by atoms with Crippen molar-refractivity contribution in [3.63, 3.8) is 0 Å². The number of amides is 1. The summed E-state index contributed by atoms with van der Waals surface area (Å²) in [7, 11) is 0. The van der Waals surface area contributed by atoms with Gasteiger partial charge in [-0.3, -0.25) is 4.79 Å². The SMILES string of the molecule is N[C@H]1CCC[C@H]2CC[C@@H](C(=O)O)N2C1=O. The Kier molecular flexibility index (Phi) is 2.65. The van der Waals surface area contributed by atoms with E-state index in [2.05, 4.69) is 0 Å². The van der Waals surface area contributed by atoms with Crippen LogP contribution in [0.1, 0.15) is 32.1 Å². The van der Waals surface area contributed by atoms with Crippen molar-refractivity contribution in [2.75, 3.05) is 0 Å². The summed E-state index contributed by atoms with van der Waals surface area (Å²) in [5.41, 5.74) is 5.71. The van der Waals surface area contributed by atoms with Gasteiger partial charge in [-0.2, -0.15) is 0 Å². The Labute approximate surface area is 88.2 Å². The topological polar surface area (TPSA) is 83.6 Å². The van der Waals surface area contributed by atoms with E-state index in [9.17, 15) is 9.59 Å². The van der Waals surface area contributed by atoms with E-state index in [1.54, 1.807) is 0 Å². The first-order chi connectivity index (χ1) is 7.11. The molecule has 2 aliphatic rings. The molecule has 0 aromatic carbocycles. The molecule has 5 nitrogen and oxygen atoms in total. The first kappa shape index (κ1) is 10.4. The Bertz CT molecular complexity index is 292. The lowest BCUT2D eigenvalue weighted by molar-refractivity contribution is -0.149. The van der Waals surface area contributed by atoms with E-state index in [1.807, 2.05) is 0 Å². The fourth-order valence-corrected chi connectivity index (χ4v) is 2.63. The molecular formula is C10H16N2O3. The number of aliphatic carboxylic acids is 1. The number of hydrogen-bond donors (Lipinski definition) is 2. The summed E-state index contributed by atoms with van der Waals surface area (Å²) in [6.07, 6.45) is 3.86. The molecule has 2 aliphatic heterocycles. The average molecular weight is 212 g/mol. The van der Waals surface area contributed by atoms with Crippen molar-refractivity contribution in [2.45, 2.75) is 50.2 Å². The number of carbonyl (C=O) groups excluding carboxylic acids is 1. The molecule has 2 heterocycles. The summed E-state index contributed by atoms with van der Waals surface area (Å²) in [6, 6.07) is -1.05. The molecule has 3 atom stereocenters. The van der Waals surface area contributed by atoms with Crippen molar-refractivity contribution in [1.29, 1.82) is 0 Å². The van der Waals surface area contributed by atoms with E-state index in [4.69, 9.17) is 10.8 Å². The van der Waals surface area contributed by atoms with Crippen LogP contribution >= 0.6 is 0 Å². The first-order valence-corrected chi connectivity index (χ1v) is 5.42. The van der Waals surface area contributed by atoms with Crippen molar-refractivity contribution in [1.82, 2.24) is 4.90 Å². The summed E-state index contributed by atoms with van der Waals surface area (Å²) < 4.78 is 0. The third kappa shape index (κ3) is 1.71. The van der Waals surface area contributed by atoms with Crippen molar-refractivity contribution >= 4 is 11.9 Å². The summed E-state index contributed by atoms with van der Waals surface area (Å²) in [6.45, 7) is 0. The number of carboxylic acid groups (broad SMARTS) is 1. The maximum atomic E-state index is 11.9. The summed E-state index contributed by atoms with van der Waals surface area (Å²) in [5, 5.41) is 9.01. The van der Waals surface area contributed by atoms with Gasteiger partial charge < -0.3 is 15.7 Å². The molecule has 1 amide bonds. The zero-order valence-corrected chi connectivity index (χ0v) is 8.56. The number of fused-ring (bicyclic) bond motifs is 1. The van der Waals surface area contributed by atoms with E-state index in [-0.39, 0.29) is 11.9 Å². The average Bonchev–Trinajstić information content (AvgIpc) is 2.55. The summed E-state index contributed by atoms with van der Waals surface area (Å²) in [5.74, 6) is -1.08. The van der Waals surface area contributed by atoms with Crippen LogP contribution in [0.25, 0.3) is 0 Å². The second-order valence-electron chi connectivity index (χ2n) is 4.37. The van der Waals surface area contributed by atoms with Gasteiger partial charge in [0.1, 0.15) is 6.04 Å². The standard InChI is InChI=1S/C10H16N2O3/c11-7-3-1-2-6-4-5-8(10(14)15)12(6)9(7)13/h6-8H,1-5,11H2,(H,14,15)/t6-,7-,8-/m0/s1. The van der Waals surface area contributed by atoms with E-state index in [1.165, 1.54) is 4.90 Å². The maximum Gasteiger partial charge on any atom is 0.326 e. The highest BCUT2D eigenvalue weighted by atomic mass is 16.4. The van der Waals surface area contributed by atoms with Crippen LogP contribution in [-0.2, 0) is 9.59 Å². The van der Waals surface area contributed by atoms with Crippen LogP contribution in [0, 0.1) is 0 Å². The number of carboxylic acids is 1. The molecule has 0 aliphatic carbocycles. The predicted octanol–water partition coefficient (Wildman–Crippen LogP) is -0.0582. The number of rotatable bonds is 1. The van der Waals surface area contributed by atoms with Crippen LogP contribution in [0.5, 0.6) is 0 Å². The Morgan fingerprint density at radius 1 is 1.33 bits per heavy atom. The summed E-state index contributed by atoms with van der Waals surface area (Å²) >= 11 is 0. The lowest BCUT2D eigenvalue weighted by Crippen LogP contribution is -2.50. The van der Waals surface area contributed by atoms with Gasteiger partial charge in [-0.05, 0) is 32.1 Å². The molecule has 0 radical (unpaired) electrons. The van der Waals surface area contributed by atoms with Crippen LogP contribution in [0.3, 0.4) is 0 Å². The molecule has 0 bridgehead atoms. The molecule has 2 fully saturated rings. The molecule has 0 aromatic rings. The molecular weight excluding hydrogens is 196 g/mol. The van der Waals surface area contributed by atoms with Gasteiger partial charge in [0.05, 0.1) is 6.04 Å². The molecule has 3 N–H and O–H groups in total. The second-order valence-corrected chi connectivity index (χ2v) is 4.37. The van der Waals surface area contributed by atoms with Gasteiger partial charge in [0.15, 0.2) is 0 Å². The summed E-state index contributed by atoms with van der Waals surface area (Å²) in [4.78, 5) is 24.4. The highest BCUT2D eigenvalue weighted by molar-refractivity contribution is 5.88. The molecule has 0 aromatic heterocycles. The van der Waals surface area contributed by atoms with Gasteiger partial charge in [-0.25, -0.2) is 4.79 Å². The molecule has 0 unspecified atom stereocenters. The zero-order chi connectivity index (χ0) is 11.0. The highest BCUT2D eigenvalue weighted by Crippen LogP contribution is 2.31.